The molecular weight excluding hydrogens is 427 g/mol. The highest BCUT2D eigenvalue weighted by atomic mass is 127. The van der Waals surface area contributed by atoms with E-state index in [4.69, 9.17) is 0 Å². The summed E-state index contributed by atoms with van der Waals surface area (Å²) >= 11 is 5.82. The zero-order valence-corrected chi connectivity index (χ0v) is 14.8. The largest absolute Gasteiger partial charge is 0.384 e. The lowest BCUT2D eigenvalue weighted by Gasteiger charge is -2.19. The zero-order valence-electron chi connectivity index (χ0n) is 11.1. The van der Waals surface area contributed by atoms with Crippen molar-refractivity contribution in [3.63, 3.8) is 0 Å². The van der Waals surface area contributed by atoms with Crippen LogP contribution in [0.5, 0.6) is 0 Å². The van der Waals surface area contributed by atoms with Gasteiger partial charge in [0.2, 0.25) is 0 Å². The van der Waals surface area contributed by atoms with Gasteiger partial charge < -0.3 is 5.11 Å². The summed E-state index contributed by atoms with van der Waals surface area (Å²) in [5.41, 5.74) is 4.80. The standard InChI is InChI=1S/C17H16BrIO/c18-16-8-7-14(19)10-15(16)17(20)13-6-5-11-3-1-2-4-12(11)9-13/h5-10,17,20H,1-4H2. The molecule has 0 aromatic heterocycles. The predicted molar refractivity (Wildman–Crippen MR) is 94.0 cm³/mol. The number of rotatable bonds is 2. The van der Waals surface area contributed by atoms with Gasteiger partial charge in [0, 0.05) is 13.6 Å². The number of halogens is 2. The fraction of sp³-hybridized carbons (Fsp3) is 0.294. The Morgan fingerprint density at radius 1 is 1.00 bits per heavy atom. The Morgan fingerprint density at radius 3 is 2.55 bits per heavy atom. The predicted octanol–water partition coefficient (Wildman–Crippen LogP) is 5.01. The molecule has 1 atom stereocenters. The Kier molecular flexibility index (Phi) is 4.48. The molecule has 1 aliphatic rings. The van der Waals surface area contributed by atoms with E-state index in [2.05, 4.69) is 56.7 Å². The molecule has 0 heterocycles. The van der Waals surface area contributed by atoms with E-state index in [0.29, 0.717) is 0 Å². The Bertz CT molecular complexity index is 639. The van der Waals surface area contributed by atoms with Crippen molar-refractivity contribution in [2.24, 2.45) is 0 Å². The number of benzene rings is 2. The summed E-state index contributed by atoms with van der Waals surface area (Å²) in [6.07, 6.45) is 4.31. The number of aliphatic hydroxyl groups is 1. The van der Waals surface area contributed by atoms with E-state index >= 15 is 0 Å². The minimum absolute atomic E-state index is 0.564. The van der Waals surface area contributed by atoms with Crippen LogP contribution in [0.25, 0.3) is 0 Å². The van der Waals surface area contributed by atoms with Crippen molar-refractivity contribution in [1.29, 1.82) is 0 Å². The van der Waals surface area contributed by atoms with Gasteiger partial charge in [-0.3, -0.25) is 0 Å². The van der Waals surface area contributed by atoms with E-state index in [1.807, 2.05) is 18.2 Å². The van der Waals surface area contributed by atoms with E-state index in [-0.39, 0.29) is 0 Å². The topological polar surface area (TPSA) is 20.2 Å². The summed E-state index contributed by atoms with van der Waals surface area (Å²) in [6, 6.07) is 12.5. The quantitative estimate of drug-likeness (QED) is 0.648. The van der Waals surface area contributed by atoms with Gasteiger partial charge in [0.15, 0.2) is 0 Å². The molecule has 20 heavy (non-hydrogen) atoms. The molecule has 0 bridgehead atoms. The van der Waals surface area contributed by atoms with Crippen LogP contribution in [0, 0.1) is 3.57 Å². The molecule has 0 fully saturated rings. The molecule has 0 saturated carbocycles. The molecule has 0 radical (unpaired) electrons. The summed E-state index contributed by atoms with van der Waals surface area (Å²) in [7, 11) is 0. The first-order valence-electron chi connectivity index (χ1n) is 6.90. The molecular formula is C17H16BrIO. The van der Waals surface area contributed by atoms with Crippen molar-refractivity contribution in [3.8, 4) is 0 Å². The summed E-state index contributed by atoms with van der Waals surface area (Å²) in [4.78, 5) is 0. The maximum Gasteiger partial charge on any atom is 0.105 e. The maximum atomic E-state index is 10.7. The molecule has 0 spiro atoms. The molecule has 1 aliphatic carbocycles. The van der Waals surface area contributed by atoms with Crippen LogP contribution in [0.1, 0.15) is 41.2 Å². The summed E-state index contributed by atoms with van der Waals surface area (Å²) in [6.45, 7) is 0. The van der Waals surface area contributed by atoms with Crippen molar-refractivity contribution in [3.05, 3.63) is 66.7 Å². The van der Waals surface area contributed by atoms with E-state index in [1.54, 1.807) is 0 Å². The van der Waals surface area contributed by atoms with E-state index in [9.17, 15) is 5.11 Å². The van der Waals surface area contributed by atoms with E-state index in [1.165, 1.54) is 30.4 Å². The van der Waals surface area contributed by atoms with Crippen molar-refractivity contribution in [2.75, 3.05) is 0 Å². The van der Waals surface area contributed by atoms with Crippen LogP contribution in [0.4, 0.5) is 0 Å². The molecule has 3 rings (SSSR count). The van der Waals surface area contributed by atoms with Gasteiger partial charge in [-0.05, 0) is 83.2 Å². The van der Waals surface area contributed by atoms with Crippen LogP contribution in [-0.2, 0) is 12.8 Å². The summed E-state index contributed by atoms with van der Waals surface area (Å²) < 4.78 is 2.10. The van der Waals surface area contributed by atoms with Gasteiger partial charge in [-0.1, -0.05) is 34.1 Å². The lowest BCUT2D eigenvalue weighted by molar-refractivity contribution is 0.219. The monoisotopic (exact) mass is 442 g/mol. The van der Waals surface area contributed by atoms with Crippen LogP contribution in [0.15, 0.2) is 40.9 Å². The molecule has 1 N–H and O–H groups in total. The van der Waals surface area contributed by atoms with Crippen LogP contribution in [0.3, 0.4) is 0 Å². The maximum absolute atomic E-state index is 10.7. The fourth-order valence-corrected chi connectivity index (χ4v) is 3.81. The highest BCUT2D eigenvalue weighted by Crippen LogP contribution is 2.32. The zero-order chi connectivity index (χ0) is 14.1. The lowest BCUT2D eigenvalue weighted by Crippen LogP contribution is -2.06. The number of fused-ring (bicyclic) bond motifs is 1. The SMILES string of the molecule is OC(c1ccc2c(c1)CCCC2)c1cc(I)ccc1Br. The molecule has 104 valence electrons. The minimum atomic E-state index is -0.564. The number of hydrogen-bond donors (Lipinski definition) is 1. The average Bonchev–Trinajstić information content (AvgIpc) is 2.48. The van der Waals surface area contributed by atoms with Gasteiger partial charge in [-0.2, -0.15) is 0 Å². The van der Waals surface area contributed by atoms with Gasteiger partial charge in [0.05, 0.1) is 0 Å². The molecule has 2 aromatic carbocycles. The van der Waals surface area contributed by atoms with Gasteiger partial charge in [-0.25, -0.2) is 0 Å². The number of hydrogen-bond acceptors (Lipinski definition) is 1. The Hall–Kier alpha value is -0.390. The van der Waals surface area contributed by atoms with Crippen molar-refractivity contribution in [1.82, 2.24) is 0 Å². The third-order valence-corrected chi connectivity index (χ3v) is 5.33. The number of aliphatic hydroxyl groups excluding tert-OH is 1. The fourth-order valence-electron chi connectivity index (χ4n) is 2.83. The first-order chi connectivity index (χ1) is 9.65. The van der Waals surface area contributed by atoms with Gasteiger partial charge in [0.25, 0.3) is 0 Å². The Balaban J connectivity index is 1.97. The highest BCUT2D eigenvalue weighted by Gasteiger charge is 2.17. The third kappa shape index (κ3) is 2.95. The van der Waals surface area contributed by atoms with Crippen molar-refractivity contribution < 1.29 is 5.11 Å². The highest BCUT2D eigenvalue weighted by molar-refractivity contribution is 14.1. The summed E-state index contributed by atoms with van der Waals surface area (Å²) in [5.74, 6) is 0. The molecule has 2 aromatic rings. The smallest absolute Gasteiger partial charge is 0.105 e. The molecule has 1 nitrogen and oxygen atoms in total. The minimum Gasteiger partial charge on any atom is -0.384 e. The van der Waals surface area contributed by atoms with E-state index in [0.717, 1.165) is 25.6 Å². The first-order valence-corrected chi connectivity index (χ1v) is 8.77. The lowest BCUT2D eigenvalue weighted by atomic mass is 9.88. The second-order valence-corrected chi connectivity index (χ2v) is 7.40. The summed E-state index contributed by atoms with van der Waals surface area (Å²) in [5, 5.41) is 10.7. The van der Waals surface area contributed by atoms with Crippen molar-refractivity contribution in [2.45, 2.75) is 31.8 Å². The van der Waals surface area contributed by atoms with E-state index < -0.39 is 6.10 Å². The van der Waals surface area contributed by atoms with Gasteiger partial charge >= 0.3 is 0 Å². The normalized spacial score (nSPS) is 15.8. The molecule has 1 unspecified atom stereocenters. The molecule has 0 aliphatic heterocycles. The second kappa shape index (κ2) is 6.16. The number of aryl methyl sites for hydroxylation is 2. The first kappa shape index (κ1) is 14.5. The molecule has 0 amide bonds. The second-order valence-electron chi connectivity index (χ2n) is 5.30. The Labute approximate surface area is 141 Å². The van der Waals surface area contributed by atoms with Crippen LogP contribution in [-0.4, -0.2) is 5.11 Å². The Morgan fingerprint density at radius 2 is 1.75 bits per heavy atom. The average molecular weight is 443 g/mol. The van der Waals surface area contributed by atoms with Crippen LogP contribution >= 0.6 is 38.5 Å². The van der Waals surface area contributed by atoms with Crippen LogP contribution in [0.2, 0.25) is 0 Å². The van der Waals surface area contributed by atoms with Crippen LogP contribution < -0.4 is 0 Å². The molecule has 0 saturated heterocycles. The van der Waals surface area contributed by atoms with Gasteiger partial charge in [0.1, 0.15) is 6.10 Å². The molecule has 3 heteroatoms. The third-order valence-electron chi connectivity index (χ3n) is 3.94. The van der Waals surface area contributed by atoms with Gasteiger partial charge in [-0.15, -0.1) is 0 Å². The van der Waals surface area contributed by atoms with Crippen molar-refractivity contribution >= 4 is 38.5 Å².